The van der Waals surface area contributed by atoms with E-state index in [1.807, 2.05) is 24.3 Å². The Labute approximate surface area is 322 Å². The number of rotatable bonds is 7. The topological polar surface area (TPSA) is 113 Å². The molecule has 1 heterocycles. The minimum Gasteiger partial charge on any atom is -0.508 e. The van der Waals surface area contributed by atoms with Crippen molar-refractivity contribution in [2.75, 3.05) is 5.73 Å². The Morgan fingerprint density at radius 2 is 1.65 bits per heavy atom. The molecule has 13 atom stereocenters. The van der Waals surface area contributed by atoms with Gasteiger partial charge in [0, 0.05) is 28.4 Å². The second-order valence-corrected chi connectivity index (χ2v) is 20.4. The summed E-state index contributed by atoms with van der Waals surface area (Å²) in [6, 6.07) is 15.7. The number of nitrogens with two attached hydrogens (primary N) is 1. The van der Waals surface area contributed by atoms with Gasteiger partial charge in [-0.1, -0.05) is 77.3 Å². The van der Waals surface area contributed by atoms with Gasteiger partial charge in [-0.25, -0.2) is 0 Å². The summed E-state index contributed by atoms with van der Waals surface area (Å²) in [7, 11) is 0. The van der Waals surface area contributed by atoms with Gasteiger partial charge in [-0.15, -0.1) is 0 Å². The van der Waals surface area contributed by atoms with E-state index in [0.29, 0.717) is 35.7 Å². The first-order chi connectivity index (χ1) is 25.6. The molecule has 0 amide bonds. The van der Waals surface area contributed by atoms with E-state index in [1.165, 1.54) is 11.1 Å². The smallest absolute Gasteiger partial charge is 0.163 e. The fraction of sp³-hybridized carbons (Fsp3) is 0.667. The number of Topliss-reactive ketones (excluding diaryl/α,β-unsaturated/α-hetero) is 2. The van der Waals surface area contributed by atoms with Crippen molar-refractivity contribution in [2.24, 2.45) is 51.2 Å². The lowest BCUT2D eigenvalue weighted by molar-refractivity contribution is -0.206. The highest BCUT2D eigenvalue weighted by atomic mass is 16.6. The molecule has 9 rings (SSSR count). The quantitative estimate of drug-likeness (QED) is 0.193. The molecule has 2 aromatic rings. The third-order valence-electron chi connectivity index (χ3n) is 17.9. The van der Waals surface area contributed by atoms with Gasteiger partial charge in [0.15, 0.2) is 5.78 Å². The lowest BCUT2D eigenvalue weighted by atomic mass is 9.32. The Bertz CT molecular complexity index is 1920. The molecule has 7 aliphatic rings. The maximum Gasteiger partial charge on any atom is 0.163 e. The van der Waals surface area contributed by atoms with E-state index in [4.69, 9.17) is 10.5 Å². The van der Waals surface area contributed by atoms with E-state index in [9.17, 15) is 19.8 Å². The average Bonchev–Trinajstić information content (AvgIpc) is 3.46. The van der Waals surface area contributed by atoms with Crippen LogP contribution in [0.3, 0.4) is 0 Å². The highest BCUT2D eigenvalue weighted by Gasteiger charge is 2.73. The van der Waals surface area contributed by atoms with Gasteiger partial charge < -0.3 is 20.7 Å². The summed E-state index contributed by atoms with van der Waals surface area (Å²) in [5.41, 5.74) is 10.5. The van der Waals surface area contributed by atoms with Crippen LogP contribution in [-0.4, -0.2) is 39.6 Å². The second kappa shape index (κ2) is 12.3. The molecule has 1 spiro atoms. The van der Waals surface area contributed by atoms with Crippen molar-refractivity contribution in [1.82, 2.24) is 0 Å². The summed E-state index contributed by atoms with van der Waals surface area (Å²) >= 11 is 0. The van der Waals surface area contributed by atoms with Crippen LogP contribution in [0.5, 0.6) is 5.75 Å². The van der Waals surface area contributed by atoms with E-state index >= 15 is 0 Å². The first kappa shape index (κ1) is 36.7. The molecule has 6 nitrogen and oxygen atoms in total. The molecule has 2 aromatic carbocycles. The van der Waals surface area contributed by atoms with Crippen LogP contribution in [0, 0.1) is 51.2 Å². The maximum atomic E-state index is 14.9. The number of phenols is 1. The minimum atomic E-state index is -0.626. The fourth-order valence-electron chi connectivity index (χ4n) is 15.6. The van der Waals surface area contributed by atoms with Gasteiger partial charge >= 0.3 is 0 Å². The number of aliphatic hydroxyl groups is 1. The zero-order valence-corrected chi connectivity index (χ0v) is 33.5. The summed E-state index contributed by atoms with van der Waals surface area (Å²) < 4.78 is 6.50. The molecule has 1 saturated heterocycles. The number of epoxide rings is 1. The zero-order chi connectivity index (χ0) is 38.2. The van der Waals surface area contributed by atoms with Crippen molar-refractivity contribution >= 4 is 17.3 Å². The van der Waals surface area contributed by atoms with Crippen molar-refractivity contribution in [3.8, 4) is 5.75 Å². The molecular weight excluding hydrogens is 671 g/mol. The molecule has 5 saturated carbocycles. The number of aromatic hydroxyl groups is 1. The number of nitrogen functional groups attached to an aromatic ring is 1. The Balaban J connectivity index is 1.000. The number of phenolic OH excluding ortho intramolecular Hbond substituents is 1. The number of ether oxygens (including phenoxy) is 1. The third-order valence-corrected chi connectivity index (χ3v) is 17.9. The van der Waals surface area contributed by atoms with E-state index < -0.39 is 11.5 Å². The van der Waals surface area contributed by atoms with Crippen LogP contribution in [0.2, 0.25) is 0 Å². The van der Waals surface area contributed by atoms with Crippen molar-refractivity contribution in [1.29, 1.82) is 0 Å². The number of hydrogen-bond donors (Lipinski definition) is 3. The standard InChI is InChI=1S/C48H63NO5/c1-27(23-37(51)43-47(6,54-43)34-16-9-15-32(34)28-11-7-13-30(49)24-28)40-35-18-19-39-45(4)26-33(29-12-8-14-31(50)25-29)42(53)44(2,3)38(45)20-22-48(39)21-10-17-36(41(40)52)46(35,48)5/h7-8,11-14,24-25,27,32-34,36-39,43,50-51H,9-10,15-23,26,49H2,1-6H3. The lowest BCUT2D eigenvalue weighted by Gasteiger charge is -2.71. The van der Waals surface area contributed by atoms with Gasteiger partial charge in [0.05, 0.1) is 11.7 Å². The molecule has 6 fully saturated rings. The lowest BCUT2D eigenvalue weighted by Crippen LogP contribution is -2.66. The van der Waals surface area contributed by atoms with Crippen LogP contribution in [0.15, 0.2) is 59.7 Å². The molecule has 13 unspecified atom stereocenters. The van der Waals surface area contributed by atoms with Gasteiger partial charge in [-0.2, -0.15) is 0 Å². The SMILES string of the molecule is CC(CC(O)C1OC1(C)C1CCCC1c1cccc(N)c1)C1=C2CCC3C4(C)CC(c5cccc(O)c5)C(=O)C(C)(C)C4CCC34CCCC(C1=O)C24C. The number of carbonyl (C=O) groups is 2. The van der Waals surface area contributed by atoms with Gasteiger partial charge in [0.1, 0.15) is 17.6 Å². The fourth-order valence-corrected chi connectivity index (χ4v) is 15.6. The van der Waals surface area contributed by atoms with E-state index in [1.54, 1.807) is 12.1 Å². The number of carbonyl (C=O) groups excluding carboxylic acids is 2. The molecule has 0 aromatic heterocycles. The zero-order valence-electron chi connectivity index (χ0n) is 33.5. The molecular formula is C48H63NO5. The van der Waals surface area contributed by atoms with Gasteiger partial charge in [-0.3, -0.25) is 9.59 Å². The Hall–Kier alpha value is -2.96. The highest BCUT2D eigenvalue weighted by molar-refractivity contribution is 6.02. The summed E-state index contributed by atoms with van der Waals surface area (Å²) in [5.74, 6) is 2.03. The summed E-state index contributed by atoms with van der Waals surface area (Å²) in [6.45, 7) is 13.7. The maximum absolute atomic E-state index is 14.9. The molecule has 290 valence electrons. The highest BCUT2D eigenvalue weighted by Crippen LogP contribution is 2.78. The van der Waals surface area contributed by atoms with E-state index in [-0.39, 0.29) is 57.4 Å². The van der Waals surface area contributed by atoms with Crippen LogP contribution in [-0.2, 0) is 14.3 Å². The Morgan fingerprint density at radius 3 is 2.41 bits per heavy atom. The Morgan fingerprint density at radius 1 is 0.889 bits per heavy atom. The number of fused-ring (bicyclic) bond motifs is 2. The second-order valence-electron chi connectivity index (χ2n) is 20.4. The summed E-state index contributed by atoms with van der Waals surface area (Å²) in [6.07, 6.45) is 11.1. The first-order valence-electron chi connectivity index (χ1n) is 21.4. The minimum absolute atomic E-state index is 0.00103. The molecule has 0 bridgehead atoms. The van der Waals surface area contributed by atoms with Crippen LogP contribution in [0.25, 0.3) is 0 Å². The Kier molecular flexibility index (Phi) is 8.33. The first-order valence-corrected chi connectivity index (χ1v) is 21.4. The van der Waals surface area contributed by atoms with Gasteiger partial charge in [0.2, 0.25) is 0 Å². The number of benzene rings is 2. The van der Waals surface area contributed by atoms with Crippen molar-refractivity contribution in [3.63, 3.8) is 0 Å². The summed E-state index contributed by atoms with van der Waals surface area (Å²) in [4.78, 5) is 29.2. The van der Waals surface area contributed by atoms with Crippen LogP contribution in [0.1, 0.15) is 142 Å². The van der Waals surface area contributed by atoms with Crippen LogP contribution >= 0.6 is 0 Å². The van der Waals surface area contributed by atoms with E-state index in [2.05, 4.69) is 53.7 Å². The normalized spacial score (nSPS) is 43.3. The molecule has 54 heavy (non-hydrogen) atoms. The number of allylic oxidation sites excluding steroid dienone is 2. The molecule has 0 radical (unpaired) electrons. The molecule has 6 heteroatoms. The van der Waals surface area contributed by atoms with Crippen LogP contribution < -0.4 is 5.73 Å². The van der Waals surface area contributed by atoms with Gasteiger partial charge in [-0.05, 0) is 153 Å². The monoisotopic (exact) mass is 733 g/mol. The number of ketones is 2. The van der Waals surface area contributed by atoms with E-state index in [0.717, 1.165) is 87.5 Å². The van der Waals surface area contributed by atoms with Crippen molar-refractivity contribution in [3.05, 3.63) is 70.8 Å². The van der Waals surface area contributed by atoms with Gasteiger partial charge in [0.25, 0.3) is 0 Å². The average molecular weight is 734 g/mol. The predicted octanol–water partition coefficient (Wildman–Crippen LogP) is 9.68. The molecule has 1 aliphatic heterocycles. The predicted molar refractivity (Wildman–Crippen MR) is 212 cm³/mol. The third kappa shape index (κ3) is 4.90. The number of hydrogen-bond acceptors (Lipinski definition) is 6. The van der Waals surface area contributed by atoms with Crippen molar-refractivity contribution in [2.45, 2.75) is 148 Å². The number of aliphatic hydroxyl groups excluding tert-OH is 1. The molecule has 6 aliphatic carbocycles. The summed E-state index contributed by atoms with van der Waals surface area (Å²) in [5, 5.41) is 22.3. The number of anilines is 1. The van der Waals surface area contributed by atoms with Crippen molar-refractivity contribution < 1.29 is 24.5 Å². The van der Waals surface area contributed by atoms with Crippen LogP contribution in [0.4, 0.5) is 5.69 Å². The largest absolute Gasteiger partial charge is 0.508 e. The molecule has 4 N–H and O–H groups in total.